The first-order valence-corrected chi connectivity index (χ1v) is 8.06. The summed E-state index contributed by atoms with van der Waals surface area (Å²) >= 11 is 1.79. The molecule has 1 saturated heterocycles. The fraction of sp³-hybridized carbons (Fsp3) is 0.533. The molecule has 0 aromatic heterocycles. The smallest absolute Gasteiger partial charge is 0.228 e. The molecule has 1 aromatic carbocycles. The molecule has 0 saturated carbocycles. The second-order valence-corrected chi connectivity index (χ2v) is 6.34. The van der Waals surface area contributed by atoms with Crippen LogP contribution in [0.4, 0.5) is 0 Å². The molecule has 0 spiro atoms. The molecule has 1 aromatic rings. The zero-order valence-electron chi connectivity index (χ0n) is 11.4. The molecule has 0 bridgehead atoms. The number of benzene rings is 1. The molecule has 1 fully saturated rings. The Morgan fingerprint density at radius 3 is 3.05 bits per heavy atom. The number of thioether (sulfide) groups is 1. The van der Waals surface area contributed by atoms with Crippen molar-refractivity contribution in [1.29, 1.82) is 0 Å². The van der Waals surface area contributed by atoms with E-state index in [-0.39, 0.29) is 24.2 Å². The molecule has 2 heterocycles. The Labute approximate surface area is 130 Å². The van der Waals surface area contributed by atoms with E-state index in [0.29, 0.717) is 6.04 Å². The molecule has 20 heavy (non-hydrogen) atoms. The van der Waals surface area contributed by atoms with Crippen molar-refractivity contribution in [2.24, 2.45) is 0 Å². The Morgan fingerprint density at radius 2 is 2.25 bits per heavy atom. The van der Waals surface area contributed by atoms with Crippen LogP contribution in [0.2, 0.25) is 0 Å². The normalized spacial score (nSPS) is 24.0. The van der Waals surface area contributed by atoms with Gasteiger partial charge in [0.25, 0.3) is 0 Å². The summed E-state index contributed by atoms with van der Waals surface area (Å²) < 4.78 is 0. The third-order valence-corrected chi connectivity index (χ3v) is 5.15. The van der Waals surface area contributed by atoms with Crippen LogP contribution in [0.5, 0.6) is 0 Å². The molecular formula is C15H21ClN2OS. The first-order valence-electron chi connectivity index (χ1n) is 7.07. The van der Waals surface area contributed by atoms with Gasteiger partial charge in [0.05, 0.1) is 5.92 Å². The van der Waals surface area contributed by atoms with E-state index in [4.69, 9.17) is 0 Å². The van der Waals surface area contributed by atoms with Crippen molar-refractivity contribution in [3.8, 4) is 0 Å². The fourth-order valence-electron chi connectivity index (χ4n) is 2.88. The number of amides is 1. The third-order valence-electron chi connectivity index (χ3n) is 3.97. The number of carbonyl (C=O) groups excluding carboxylic acids is 1. The van der Waals surface area contributed by atoms with Gasteiger partial charge in [-0.05, 0) is 37.4 Å². The highest BCUT2D eigenvalue weighted by atomic mass is 35.5. The van der Waals surface area contributed by atoms with E-state index in [9.17, 15) is 4.79 Å². The maximum Gasteiger partial charge on any atom is 0.228 e. The lowest BCUT2D eigenvalue weighted by molar-refractivity contribution is -0.122. The Hall–Kier alpha value is -0.710. The number of hydrogen-bond acceptors (Lipinski definition) is 3. The number of hydrogen-bond donors (Lipinski definition) is 2. The summed E-state index contributed by atoms with van der Waals surface area (Å²) in [5.74, 6) is 1.11. The Bertz CT molecular complexity index is 463. The molecule has 1 unspecified atom stereocenters. The first kappa shape index (κ1) is 15.7. The lowest BCUT2D eigenvalue weighted by atomic mass is 10.0. The Kier molecular flexibility index (Phi) is 5.75. The van der Waals surface area contributed by atoms with Crippen molar-refractivity contribution in [2.45, 2.75) is 36.1 Å². The van der Waals surface area contributed by atoms with Crippen LogP contribution in [0, 0.1) is 0 Å². The van der Waals surface area contributed by atoms with E-state index in [1.54, 1.807) is 11.8 Å². The summed E-state index contributed by atoms with van der Waals surface area (Å²) in [6, 6.07) is 8.85. The zero-order valence-corrected chi connectivity index (χ0v) is 13.1. The van der Waals surface area contributed by atoms with Gasteiger partial charge in [0.15, 0.2) is 0 Å². The Morgan fingerprint density at radius 1 is 1.40 bits per heavy atom. The SMILES string of the molecule is Cl.O=C(NCC[C@H]1CCCN1)C1CSc2ccccc21. The molecular weight excluding hydrogens is 292 g/mol. The van der Waals surface area contributed by atoms with E-state index >= 15 is 0 Å². The molecule has 1 amide bonds. The molecule has 2 atom stereocenters. The zero-order chi connectivity index (χ0) is 13.1. The van der Waals surface area contributed by atoms with Gasteiger partial charge in [0, 0.05) is 23.2 Å². The highest BCUT2D eigenvalue weighted by Crippen LogP contribution is 2.39. The molecule has 0 radical (unpaired) electrons. The first-order chi connectivity index (χ1) is 9.34. The largest absolute Gasteiger partial charge is 0.355 e. The highest BCUT2D eigenvalue weighted by molar-refractivity contribution is 7.99. The van der Waals surface area contributed by atoms with Gasteiger partial charge < -0.3 is 10.6 Å². The fourth-order valence-corrected chi connectivity index (χ4v) is 4.10. The van der Waals surface area contributed by atoms with Crippen LogP contribution in [-0.4, -0.2) is 30.8 Å². The molecule has 2 N–H and O–H groups in total. The van der Waals surface area contributed by atoms with Crippen LogP contribution < -0.4 is 10.6 Å². The number of nitrogens with one attached hydrogen (secondary N) is 2. The van der Waals surface area contributed by atoms with Crippen molar-refractivity contribution < 1.29 is 4.79 Å². The maximum atomic E-state index is 12.2. The van der Waals surface area contributed by atoms with Crippen molar-refractivity contribution in [3.05, 3.63) is 29.8 Å². The quantitative estimate of drug-likeness (QED) is 0.898. The van der Waals surface area contributed by atoms with Crippen molar-refractivity contribution >= 4 is 30.1 Å². The molecule has 110 valence electrons. The van der Waals surface area contributed by atoms with E-state index in [1.807, 2.05) is 12.1 Å². The second-order valence-electron chi connectivity index (χ2n) is 5.27. The standard InChI is InChI=1S/C15H20N2OS.ClH/c18-15(17-9-7-11-4-3-8-16-11)13-10-19-14-6-2-1-5-12(13)14;/h1-2,5-6,11,13,16H,3-4,7-10H2,(H,17,18);1H/t11-,13?;/m1./s1. The van der Waals surface area contributed by atoms with E-state index in [2.05, 4.69) is 22.8 Å². The number of halogens is 1. The predicted molar refractivity (Wildman–Crippen MR) is 85.8 cm³/mol. The van der Waals surface area contributed by atoms with Crippen LogP contribution in [0.3, 0.4) is 0 Å². The lowest BCUT2D eigenvalue weighted by Gasteiger charge is -2.14. The minimum absolute atomic E-state index is 0. The summed E-state index contributed by atoms with van der Waals surface area (Å²) in [6.45, 7) is 1.92. The Balaban J connectivity index is 0.00000147. The van der Waals surface area contributed by atoms with Crippen LogP contribution in [-0.2, 0) is 4.79 Å². The van der Waals surface area contributed by atoms with Gasteiger partial charge in [-0.2, -0.15) is 0 Å². The van der Waals surface area contributed by atoms with Crippen LogP contribution in [0.15, 0.2) is 29.2 Å². The minimum atomic E-state index is 0. The van der Waals surface area contributed by atoms with E-state index in [1.165, 1.54) is 23.3 Å². The topological polar surface area (TPSA) is 41.1 Å². The van der Waals surface area contributed by atoms with Gasteiger partial charge in [-0.25, -0.2) is 0 Å². The number of carbonyl (C=O) groups is 1. The second kappa shape index (κ2) is 7.34. The van der Waals surface area contributed by atoms with Gasteiger partial charge in [-0.1, -0.05) is 18.2 Å². The van der Waals surface area contributed by atoms with Crippen molar-refractivity contribution in [2.75, 3.05) is 18.8 Å². The summed E-state index contributed by atoms with van der Waals surface area (Å²) in [4.78, 5) is 13.5. The third kappa shape index (κ3) is 3.48. The molecule has 2 aliphatic heterocycles. The van der Waals surface area contributed by atoms with Crippen molar-refractivity contribution in [1.82, 2.24) is 10.6 Å². The van der Waals surface area contributed by atoms with E-state index in [0.717, 1.165) is 25.3 Å². The summed E-state index contributed by atoms with van der Waals surface area (Å²) in [5.41, 5.74) is 1.20. The van der Waals surface area contributed by atoms with Crippen LogP contribution in [0.1, 0.15) is 30.7 Å². The molecule has 0 aliphatic carbocycles. The number of rotatable bonds is 4. The minimum Gasteiger partial charge on any atom is -0.355 e. The summed E-state index contributed by atoms with van der Waals surface area (Å²) in [5, 5.41) is 6.56. The van der Waals surface area contributed by atoms with Gasteiger partial charge in [-0.15, -0.1) is 24.2 Å². The van der Waals surface area contributed by atoms with E-state index < -0.39 is 0 Å². The molecule has 3 rings (SSSR count). The summed E-state index contributed by atoms with van der Waals surface area (Å²) in [7, 11) is 0. The average Bonchev–Trinajstić information content (AvgIpc) is 3.07. The van der Waals surface area contributed by atoms with Crippen molar-refractivity contribution in [3.63, 3.8) is 0 Å². The molecule has 3 nitrogen and oxygen atoms in total. The lowest BCUT2D eigenvalue weighted by Crippen LogP contribution is -2.33. The van der Waals surface area contributed by atoms with Gasteiger partial charge in [-0.3, -0.25) is 4.79 Å². The molecule has 2 aliphatic rings. The highest BCUT2D eigenvalue weighted by Gasteiger charge is 2.28. The maximum absolute atomic E-state index is 12.2. The van der Waals surface area contributed by atoms with Crippen LogP contribution in [0.25, 0.3) is 0 Å². The average molecular weight is 313 g/mol. The summed E-state index contributed by atoms with van der Waals surface area (Å²) in [6.07, 6.45) is 3.57. The molecule has 5 heteroatoms. The number of fused-ring (bicyclic) bond motifs is 1. The monoisotopic (exact) mass is 312 g/mol. The van der Waals surface area contributed by atoms with Gasteiger partial charge in [0.2, 0.25) is 5.91 Å². The predicted octanol–water partition coefficient (Wildman–Crippen LogP) is 2.56. The van der Waals surface area contributed by atoms with Gasteiger partial charge in [0.1, 0.15) is 0 Å². The van der Waals surface area contributed by atoms with Gasteiger partial charge >= 0.3 is 0 Å². The van der Waals surface area contributed by atoms with Crippen LogP contribution >= 0.6 is 24.2 Å².